The monoisotopic (exact) mass is 460 g/mol. The van der Waals surface area contributed by atoms with E-state index in [0.717, 1.165) is 17.0 Å². The summed E-state index contributed by atoms with van der Waals surface area (Å²) in [6.07, 6.45) is 0.747. The lowest BCUT2D eigenvalue weighted by molar-refractivity contribution is -0.130. The molecule has 0 aliphatic carbocycles. The van der Waals surface area contributed by atoms with Gasteiger partial charge in [0.25, 0.3) is 5.91 Å². The molecule has 0 saturated carbocycles. The third-order valence-electron chi connectivity index (χ3n) is 6.21. The molecule has 4 rings (SSSR count). The summed E-state index contributed by atoms with van der Waals surface area (Å²) in [7, 11) is -1.28. The second kappa shape index (κ2) is 8.57. The highest BCUT2D eigenvalue weighted by molar-refractivity contribution is 7.91. The van der Waals surface area contributed by atoms with Gasteiger partial charge in [-0.15, -0.1) is 0 Å². The fraction of sp³-hybridized carbons (Fsp3) is 0.500. The van der Waals surface area contributed by atoms with Crippen molar-refractivity contribution in [1.82, 2.24) is 14.7 Å². The lowest BCUT2D eigenvalue weighted by Crippen LogP contribution is -2.41. The third-order valence-corrected chi connectivity index (χ3v) is 7.96. The van der Waals surface area contributed by atoms with Gasteiger partial charge in [0.15, 0.2) is 16.4 Å². The molecule has 1 unspecified atom stereocenters. The van der Waals surface area contributed by atoms with Gasteiger partial charge in [0.1, 0.15) is 5.75 Å². The topological polar surface area (TPSA) is 102 Å². The van der Waals surface area contributed by atoms with Gasteiger partial charge in [0, 0.05) is 37.8 Å². The molecule has 0 bridgehead atoms. The molecule has 1 aromatic heterocycles. The Morgan fingerprint density at radius 2 is 2.03 bits per heavy atom. The molecule has 0 spiro atoms. The summed E-state index contributed by atoms with van der Waals surface area (Å²) in [6.45, 7) is 4.42. The number of sulfone groups is 1. The third kappa shape index (κ3) is 4.36. The minimum atomic E-state index is -3.01. The number of aromatic nitrogens is 2. The minimum absolute atomic E-state index is 0.0322. The maximum absolute atomic E-state index is 12.8. The Labute approximate surface area is 187 Å². The number of nitrogens with zero attached hydrogens (tertiary/aromatic N) is 4. The van der Waals surface area contributed by atoms with E-state index in [2.05, 4.69) is 5.10 Å². The molecule has 1 fully saturated rings. The highest BCUT2D eigenvalue weighted by Gasteiger charge is 2.32. The number of rotatable bonds is 6. The maximum Gasteiger partial charge on any atom is 0.265 e. The number of ether oxygens (including phenoxy) is 1. The van der Waals surface area contributed by atoms with Crippen molar-refractivity contribution in [2.45, 2.75) is 39.3 Å². The Bertz CT molecular complexity index is 1160. The molecule has 0 N–H and O–H groups in total. The molecule has 2 aliphatic rings. The molecule has 1 atom stereocenters. The van der Waals surface area contributed by atoms with Crippen molar-refractivity contribution < 1.29 is 22.7 Å². The first-order chi connectivity index (χ1) is 15.2. The summed E-state index contributed by atoms with van der Waals surface area (Å²) < 4.78 is 31.0. The quantitative estimate of drug-likeness (QED) is 0.649. The number of hydrogen-bond acceptors (Lipinski definition) is 6. The lowest BCUT2D eigenvalue weighted by atomic mass is 10.1. The summed E-state index contributed by atoms with van der Waals surface area (Å²) >= 11 is 0. The van der Waals surface area contributed by atoms with E-state index in [9.17, 15) is 18.0 Å². The van der Waals surface area contributed by atoms with Crippen LogP contribution in [0.15, 0.2) is 24.3 Å². The fourth-order valence-electron chi connectivity index (χ4n) is 4.37. The van der Waals surface area contributed by atoms with E-state index in [0.29, 0.717) is 24.4 Å². The molecule has 1 aromatic carbocycles. The fourth-order valence-corrected chi connectivity index (χ4v) is 6.06. The smallest absolute Gasteiger partial charge is 0.265 e. The van der Waals surface area contributed by atoms with Gasteiger partial charge in [-0.3, -0.25) is 14.3 Å². The molecule has 2 amide bonds. The van der Waals surface area contributed by atoms with E-state index >= 15 is 0 Å². The van der Waals surface area contributed by atoms with Gasteiger partial charge < -0.3 is 14.5 Å². The average molecular weight is 461 g/mol. The van der Waals surface area contributed by atoms with E-state index in [1.165, 1.54) is 0 Å². The summed E-state index contributed by atoms with van der Waals surface area (Å²) in [5, 5.41) is 4.57. The molecule has 172 valence electrons. The highest BCUT2D eigenvalue weighted by Crippen LogP contribution is 2.31. The van der Waals surface area contributed by atoms with E-state index in [-0.39, 0.29) is 48.9 Å². The van der Waals surface area contributed by atoms with Crippen LogP contribution in [0.25, 0.3) is 0 Å². The first-order valence-corrected chi connectivity index (χ1v) is 12.5. The molecule has 9 nitrogen and oxygen atoms in total. The van der Waals surface area contributed by atoms with Gasteiger partial charge in [-0.1, -0.05) is 12.1 Å². The van der Waals surface area contributed by atoms with Crippen molar-refractivity contribution in [2.24, 2.45) is 0 Å². The number of fused-ring (bicyclic) bond motifs is 1. The second-order valence-electron chi connectivity index (χ2n) is 8.45. The van der Waals surface area contributed by atoms with Crippen molar-refractivity contribution in [2.75, 3.05) is 36.6 Å². The van der Waals surface area contributed by atoms with Crippen molar-refractivity contribution >= 4 is 27.3 Å². The first kappa shape index (κ1) is 22.3. The molecular weight excluding hydrogens is 432 g/mol. The standard InChI is InChI=1S/C22H28N4O5S/c1-15-18(16(2)26(23-15)17-9-11-32(29,30)14-17)12-24(3)21(27)8-10-25-19-6-4-5-7-20(19)31-13-22(25)28/h4-7,17H,8-14H2,1-3H3. The molecule has 10 heteroatoms. The van der Waals surface area contributed by atoms with Crippen LogP contribution in [-0.2, 0) is 26.0 Å². The van der Waals surface area contributed by atoms with E-state index < -0.39 is 9.84 Å². The molecule has 0 radical (unpaired) electrons. The van der Waals surface area contributed by atoms with Crippen LogP contribution in [0.3, 0.4) is 0 Å². The molecule has 2 aliphatic heterocycles. The van der Waals surface area contributed by atoms with Crippen LogP contribution in [0.4, 0.5) is 5.69 Å². The zero-order valence-corrected chi connectivity index (χ0v) is 19.4. The number of anilines is 1. The van der Waals surface area contributed by atoms with E-state index in [1.807, 2.05) is 38.1 Å². The van der Waals surface area contributed by atoms with Crippen LogP contribution in [0, 0.1) is 13.8 Å². The largest absolute Gasteiger partial charge is 0.482 e. The van der Waals surface area contributed by atoms with Crippen LogP contribution in [0.1, 0.15) is 35.8 Å². The Morgan fingerprint density at radius 3 is 2.75 bits per heavy atom. The zero-order valence-electron chi connectivity index (χ0n) is 18.6. The molecule has 1 saturated heterocycles. The predicted molar refractivity (Wildman–Crippen MR) is 119 cm³/mol. The number of hydrogen-bond donors (Lipinski definition) is 0. The van der Waals surface area contributed by atoms with Crippen molar-refractivity contribution in [3.05, 3.63) is 41.2 Å². The Morgan fingerprint density at radius 1 is 1.28 bits per heavy atom. The lowest BCUT2D eigenvalue weighted by Gasteiger charge is -2.29. The van der Waals surface area contributed by atoms with Gasteiger partial charge in [-0.2, -0.15) is 5.10 Å². The van der Waals surface area contributed by atoms with E-state index in [1.54, 1.807) is 21.5 Å². The Hall–Kier alpha value is -2.88. The number of amides is 2. The van der Waals surface area contributed by atoms with Gasteiger partial charge in [-0.25, -0.2) is 8.42 Å². The van der Waals surface area contributed by atoms with Crippen LogP contribution in [0.2, 0.25) is 0 Å². The van der Waals surface area contributed by atoms with E-state index in [4.69, 9.17) is 4.74 Å². The summed E-state index contributed by atoms with van der Waals surface area (Å²) in [5.74, 6) is 0.682. The first-order valence-electron chi connectivity index (χ1n) is 10.7. The van der Waals surface area contributed by atoms with Gasteiger partial charge in [0.2, 0.25) is 5.91 Å². The molecule has 32 heavy (non-hydrogen) atoms. The summed E-state index contributed by atoms with van der Waals surface area (Å²) in [4.78, 5) is 28.4. The number of carbonyl (C=O) groups is 2. The zero-order chi connectivity index (χ0) is 23.0. The van der Waals surface area contributed by atoms with Crippen molar-refractivity contribution in [1.29, 1.82) is 0 Å². The number of para-hydroxylation sites is 2. The Balaban J connectivity index is 1.41. The van der Waals surface area contributed by atoms with Crippen LogP contribution >= 0.6 is 0 Å². The minimum Gasteiger partial charge on any atom is -0.482 e. The Kier molecular flexibility index (Phi) is 5.98. The number of benzene rings is 1. The summed E-state index contributed by atoms with van der Waals surface area (Å²) in [5.41, 5.74) is 3.29. The van der Waals surface area contributed by atoms with Gasteiger partial charge in [-0.05, 0) is 32.4 Å². The maximum atomic E-state index is 12.8. The van der Waals surface area contributed by atoms with Crippen LogP contribution in [0.5, 0.6) is 5.75 Å². The van der Waals surface area contributed by atoms with Gasteiger partial charge >= 0.3 is 0 Å². The second-order valence-corrected chi connectivity index (χ2v) is 10.7. The van der Waals surface area contributed by atoms with Crippen molar-refractivity contribution in [3.8, 4) is 5.75 Å². The van der Waals surface area contributed by atoms with Crippen LogP contribution in [-0.4, -0.2) is 66.6 Å². The van der Waals surface area contributed by atoms with Crippen molar-refractivity contribution in [3.63, 3.8) is 0 Å². The molecule has 3 heterocycles. The predicted octanol–water partition coefficient (Wildman–Crippen LogP) is 1.63. The number of carbonyl (C=O) groups excluding carboxylic acids is 2. The number of aryl methyl sites for hydroxylation is 1. The summed E-state index contributed by atoms with van der Waals surface area (Å²) in [6, 6.07) is 7.14. The normalized spacial score (nSPS) is 19.5. The average Bonchev–Trinajstić information content (AvgIpc) is 3.26. The SMILES string of the molecule is Cc1nn(C2CCS(=O)(=O)C2)c(C)c1CN(C)C(=O)CCN1C(=O)COc2ccccc21. The highest BCUT2D eigenvalue weighted by atomic mass is 32.2. The molecule has 2 aromatic rings. The van der Waals surface area contributed by atoms with Crippen LogP contribution < -0.4 is 9.64 Å². The molecular formula is C22H28N4O5S. The van der Waals surface area contributed by atoms with Gasteiger partial charge in [0.05, 0.1) is 28.9 Å².